The van der Waals surface area contributed by atoms with Crippen LogP contribution in [0.2, 0.25) is 0 Å². The molecule has 130 valence electrons. The van der Waals surface area contributed by atoms with Gasteiger partial charge in [0.25, 0.3) is 5.89 Å². The Morgan fingerprint density at radius 3 is 2.74 bits per heavy atom. The highest BCUT2D eigenvalue weighted by Gasteiger charge is 2.28. The lowest BCUT2D eigenvalue weighted by molar-refractivity contribution is -0.127. The average Bonchev–Trinajstić information content (AvgIpc) is 2.72. The van der Waals surface area contributed by atoms with Gasteiger partial charge in [-0.15, -0.1) is 0 Å². The summed E-state index contributed by atoms with van der Waals surface area (Å²) in [5.74, 6) is 1.64. The quantitative estimate of drug-likeness (QED) is 0.843. The fourth-order valence-corrected chi connectivity index (χ4v) is 3.21. The third-order valence-corrected chi connectivity index (χ3v) is 4.59. The molecule has 1 aromatic rings. The first-order valence-electron chi connectivity index (χ1n) is 8.51. The molecule has 0 saturated heterocycles. The number of hydrogen-bond acceptors (Lipinski definition) is 5. The van der Waals surface area contributed by atoms with Crippen LogP contribution in [0.15, 0.2) is 4.52 Å². The van der Waals surface area contributed by atoms with Gasteiger partial charge in [-0.25, -0.2) is 0 Å². The van der Waals surface area contributed by atoms with Crippen molar-refractivity contribution in [2.45, 2.75) is 72.4 Å². The molecular formula is C17H29N3O3. The number of hydrogen-bond donors (Lipinski definition) is 1. The zero-order valence-electron chi connectivity index (χ0n) is 14.7. The number of rotatable bonds is 5. The molecule has 0 aromatic carbocycles. The van der Waals surface area contributed by atoms with Crippen molar-refractivity contribution < 1.29 is 14.1 Å². The number of carbonyl (C=O) groups is 1. The van der Waals surface area contributed by atoms with E-state index in [1.54, 1.807) is 6.92 Å². The number of nitrogens with zero attached hydrogens (tertiary/aromatic N) is 2. The summed E-state index contributed by atoms with van der Waals surface area (Å²) in [6.45, 7) is 8.87. The number of amides is 1. The van der Waals surface area contributed by atoms with Crippen LogP contribution in [0.25, 0.3) is 0 Å². The van der Waals surface area contributed by atoms with Crippen LogP contribution in [0, 0.1) is 18.3 Å². The van der Waals surface area contributed by atoms with E-state index in [0.29, 0.717) is 17.1 Å². The van der Waals surface area contributed by atoms with E-state index in [-0.39, 0.29) is 25.2 Å². The van der Waals surface area contributed by atoms with Crippen molar-refractivity contribution >= 4 is 5.91 Å². The summed E-state index contributed by atoms with van der Waals surface area (Å²) in [6, 6.07) is 0.268. The van der Waals surface area contributed by atoms with Crippen molar-refractivity contribution in [3.8, 4) is 0 Å². The van der Waals surface area contributed by atoms with Crippen molar-refractivity contribution in [2.75, 3.05) is 6.61 Å². The van der Waals surface area contributed by atoms with Gasteiger partial charge in [0.2, 0.25) is 5.91 Å². The van der Waals surface area contributed by atoms with Crippen molar-refractivity contribution in [1.29, 1.82) is 0 Å². The average molecular weight is 323 g/mol. The van der Waals surface area contributed by atoms with Gasteiger partial charge in [-0.1, -0.05) is 32.3 Å². The van der Waals surface area contributed by atoms with Crippen LogP contribution in [0.5, 0.6) is 0 Å². The summed E-state index contributed by atoms with van der Waals surface area (Å²) in [5.41, 5.74) is 0.351. The summed E-state index contributed by atoms with van der Waals surface area (Å²) in [4.78, 5) is 16.0. The molecule has 0 spiro atoms. The Hall–Kier alpha value is -1.43. The van der Waals surface area contributed by atoms with Crippen molar-refractivity contribution in [2.24, 2.45) is 11.3 Å². The van der Waals surface area contributed by atoms with E-state index in [4.69, 9.17) is 9.26 Å². The SMILES string of the molecule is Cc1noc(COCC(=O)N[C@H]2CCC[C@@H](C(C)(C)C)CC2)n1. The molecule has 6 nitrogen and oxygen atoms in total. The van der Waals surface area contributed by atoms with Crippen LogP contribution < -0.4 is 5.32 Å². The molecule has 23 heavy (non-hydrogen) atoms. The van der Waals surface area contributed by atoms with Gasteiger partial charge in [0.1, 0.15) is 13.2 Å². The molecule has 6 heteroatoms. The van der Waals surface area contributed by atoms with E-state index in [0.717, 1.165) is 18.8 Å². The van der Waals surface area contributed by atoms with E-state index in [1.807, 2.05) is 0 Å². The van der Waals surface area contributed by atoms with Gasteiger partial charge in [-0.3, -0.25) is 4.79 Å². The predicted octanol–water partition coefficient (Wildman–Crippen LogP) is 3.01. The van der Waals surface area contributed by atoms with Gasteiger partial charge in [0.15, 0.2) is 5.82 Å². The smallest absolute Gasteiger partial charge is 0.252 e. The second-order valence-corrected chi connectivity index (χ2v) is 7.56. The molecular weight excluding hydrogens is 294 g/mol. The number of aromatic nitrogens is 2. The van der Waals surface area contributed by atoms with Gasteiger partial charge in [-0.05, 0) is 43.9 Å². The molecule has 1 heterocycles. The second-order valence-electron chi connectivity index (χ2n) is 7.56. The highest BCUT2D eigenvalue weighted by molar-refractivity contribution is 5.77. The molecule has 1 aliphatic carbocycles. The first-order chi connectivity index (χ1) is 10.8. The maximum Gasteiger partial charge on any atom is 0.252 e. The zero-order chi connectivity index (χ0) is 16.9. The maximum absolute atomic E-state index is 12.0. The van der Waals surface area contributed by atoms with Crippen LogP contribution in [0.3, 0.4) is 0 Å². The number of nitrogens with one attached hydrogen (secondary N) is 1. The van der Waals surface area contributed by atoms with Gasteiger partial charge >= 0.3 is 0 Å². The van der Waals surface area contributed by atoms with Crippen LogP contribution in [-0.4, -0.2) is 28.7 Å². The van der Waals surface area contributed by atoms with E-state index < -0.39 is 0 Å². The second kappa shape index (κ2) is 7.90. The lowest BCUT2D eigenvalue weighted by Gasteiger charge is -2.29. The predicted molar refractivity (Wildman–Crippen MR) is 86.7 cm³/mol. The summed E-state index contributed by atoms with van der Waals surface area (Å²) in [7, 11) is 0. The highest BCUT2D eigenvalue weighted by Crippen LogP contribution is 2.36. The molecule has 0 aliphatic heterocycles. The summed E-state index contributed by atoms with van der Waals surface area (Å²) >= 11 is 0. The third kappa shape index (κ3) is 5.94. The maximum atomic E-state index is 12.0. The normalized spacial score (nSPS) is 22.6. The molecule has 1 aromatic heterocycles. The Morgan fingerprint density at radius 2 is 2.09 bits per heavy atom. The van der Waals surface area contributed by atoms with Gasteiger partial charge in [0.05, 0.1) is 0 Å². The largest absolute Gasteiger partial charge is 0.362 e. The minimum absolute atomic E-state index is 0.0284. The lowest BCUT2D eigenvalue weighted by atomic mass is 9.76. The van der Waals surface area contributed by atoms with Crippen LogP contribution in [-0.2, 0) is 16.1 Å². The Morgan fingerprint density at radius 1 is 1.30 bits per heavy atom. The third-order valence-electron chi connectivity index (χ3n) is 4.59. The summed E-state index contributed by atoms with van der Waals surface area (Å²) < 4.78 is 10.3. The fraction of sp³-hybridized carbons (Fsp3) is 0.824. The Balaban J connectivity index is 1.68. The van der Waals surface area contributed by atoms with Crippen LogP contribution in [0.4, 0.5) is 0 Å². The minimum atomic E-state index is -0.0690. The zero-order valence-corrected chi connectivity index (χ0v) is 14.7. The van der Waals surface area contributed by atoms with E-state index in [2.05, 4.69) is 36.2 Å². The number of ether oxygens (including phenoxy) is 1. The molecule has 1 N–H and O–H groups in total. The Labute approximate surface area is 138 Å². The van der Waals surface area contributed by atoms with Gasteiger partial charge < -0.3 is 14.6 Å². The Kier molecular flexibility index (Phi) is 6.16. The molecule has 1 aliphatic rings. The van der Waals surface area contributed by atoms with E-state index >= 15 is 0 Å². The monoisotopic (exact) mass is 323 g/mol. The van der Waals surface area contributed by atoms with Crippen LogP contribution in [0.1, 0.15) is 64.6 Å². The van der Waals surface area contributed by atoms with Crippen molar-refractivity contribution in [3.05, 3.63) is 11.7 Å². The van der Waals surface area contributed by atoms with Crippen LogP contribution >= 0.6 is 0 Å². The fourth-order valence-electron chi connectivity index (χ4n) is 3.21. The number of carbonyl (C=O) groups excluding carboxylic acids is 1. The molecule has 0 unspecified atom stereocenters. The molecule has 1 saturated carbocycles. The van der Waals surface area contributed by atoms with Crippen molar-refractivity contribution in [3.63, 3.8) is 0 Å². The molecule has 1 fully saturated rings. The van der Waals surface area contributed by atoms with E-state index in [1.165, 1.54) is 19.3 Å². The summed E-state index contributed by atoms with van der Waals surface area (Å²) in [6.07, 6.45) is 5.71. The summed E-state index contributed by atoms with van der Waals surface area (Å²) in [5, 5.41) is 6.77. The first kappa shape index (κ1) is 17.9. The van der Waals surface area contributed by atoms with Gasteiger partial charge in [-0.2, -0.15) is 4.98 Å². The first-order valence-corrected chi connectivity index (χ1v) is 8.51. The molecule has 0 radical (unpaired) electrons. The molecule has 2 atom stereocenters. The number of aryl methyl sites for hydroxylation is 1. The highest BCUT2D eigenvalue weighted by atomic mass is 16.5. The topological polar surface area (TPSA) is 77.2 Å². The minimum Gasteiger partial charge on any atom is -0.362 e. The molecule has 1 amide bonds. The molecule has 2 rings (SSSR count). The van der Waals surface area contributed by atoms with Gasteiger partial charge in [0, 0.05) is 6.04 Å². The lowest BCUT2D eigenvalue weighted by Crippen LogP contribution is -2.37. The Bertz CT molecular complexity index is 507. The standard InChI is InChI=1S/C17H29N3O3/c1-12-18-16(23-20-12)11-22-10-15(21)19-14-7-5-6-13(8-9-14)17(2,3)4/h13-14H,5-11H2,1-4H3,(H,19,21)/t13-,14+/m1/s1. The van der Waals surface area contributed by atoms with E-state index in [9.17, 15) is 4.79 Å². The van der Waals surface area contributed by atoms with Crippen molar-refractivity contribution in [1.82, 2.24) is 15.5 Å². The molecule has 0 bridgehead atoms.